The van der Waals surface area contributed by atoms with Gasteiger partial charge in [0.15, 0.2) is 0 Å². The summed E-state index contributed by atoms with van der Waals surface area (Å²) in [6.07, 6.45) is 6.04. The number of aromatic nitrogens is 1. The second kappa shape index (κ2) is 9.92. The fourth-order valence-corrected chi connectivity index (χ4v) is 7.13. The van der Waals surface area contributed by atoms with Crippen LogP contribution in [0, 0.1) is 5.41 Å². The predicted octanol–water partition coefficient (Wildman–Crippen LogP) is 4.38. The van der Waals surface area contributed by atoms with Crippen molar-refractivity contribution in [3.8, 4) is 0 Å². The zero-order valence-corrected chi connectivity index (χ0v) is 23.0. The number of fused-ring (bicyclic) bond motifs is 2. The maximum Gasteiger partial charge on any atom is 0.258 e. The molecule has 2 aliphatic carbocycles. The minimum absolute atomic E-state index is 0.207. The van der Waals surface area contributed by atoms with Crippen LogP contribution in [0.3, 0.4) is 0 Å². The first kappa shape index (κ1) is 27.3. The van der Waals surface area contributed by atoms with Crippen LogP contribution < -0.4 is 14.9 Å². The molecule has 216 valence electrons. The van der Waals surface area contributed by atoms with E-state index >= 15 is 0 Å². The summed E-state index contributed by atoms with van der Waals surface area (Å²) in [5, 5.41) is 12.0. The van der Waals surface area contributed by atoms with Crippen molar-refractivity contribution in [2.45, 2.75) is 69.5 Å². The molecule has 0 atom stereocenters. The number of sulfonamides is 1. The Morgan fingerprint density at radius 1 is 1.05 bits per heavy atom. The standard InChI is InChI=1S/C28H34F2N4O5S/c29-28(30)7-5-27(6-8-28)22-16-24(31-17-19(22)18-39-27)32-25(36)21-2-1-20(33-40(37,38)14-13-35)15-23(21)34-11-9-26(3-4-26)10-12-34/h1-2,15-17,33,35H,3-14,18H2,(H,31,32,36). The molecule has 3 heterocycles. The van der Waals surface area contributed by atoms with Crippen LogP contribution in [0.25, 0.3) is 0 Å². The lowest BCUT2D eigenvalue weighted by molar-refractivity contribution is -0.130. The monoisotopic (exact) mass is 576 g/mol. The molecule has 3 N–H and O–H groups in total. The SMILES string of the molecule is O=C(Nc1cc2c(cn1)COC21CCC(F)(F)CC1)c1ccc(NS(=O)(=O)CCO)cc1N1CCC2(CC1)CC2. The number of nitrogens with zero attached hydrogens (tertiary/aromatic N) is 2. The highest BCUT2D eigenvalue weighted by atomic mass is 32.2. The van der Waals surface area contributed by atoms with Gasteiger partial charge < -0.3 is 20.1 Å². The number of aliphatic hydroxyl groups excluding tert-OH is 1. The second-order valence-corrected chi connectivity index (χ2v) is 13.5. The van der Waals surface area contributed by atoms with E-state index in [0.29, 0.717) is 34.8 Å². The number of amides is 1. The summed E-state index contributed by atoms with van der Waals surface area (Å²) in [6.45, 7) is 1.32. The molecule has 2 aliphatic heterocycles. The average Bonchev–Trinajstić information content (AvgIpc) is 3.57. The minimum Gasteiger partial charge on any atom is -0.395 e. The van der Waals surface area contributed by atoms with Gasteiger partial charge in [0.25, 0.3) is 5.91 Å². The normalized spacial score (nSPS) is 22.2. The number of rotatable bonds is 7. The van der Waals surface area contributed by atoms with Gasteiger partial charge in [-0.3, -0.25) is 9.52 Å². The first-order valence-electron chi connectivity index (χ1n) is 13.8. The average molecular weight is 577 g/mol. The zero-order chi connectivity index (χ0) is 28.2. The Kier molecular flexibility index (Phi) is 6.78. The van der Waals surface area contributed by atoms with Crippen molar-refractivity contribution < 1.29 is 31.8 Å². The van der Waals surface area contributed by atoms with Crippen molar-refractivity contribution >= 4 is 33.1 Å². The van der Waals surface area contributed by atoms with Crippen LogP contribution in [-0.4, -0.2) is 55.8 Å². The molecule has 6 rings (SSSR count). The van der Waals surface area contributed by atoms with Crippen LogP contribution in [-0.2, 0) is 27.0 Å². The Labute approximate surface area is 232 Å². The van der Waals surface area contributed by atoms with E-state index < -0.39 is 39.8 Å². The summed E-state index contributed by atoms with van der Waals surface area (Å²) in [6, 6.07) is 6.51. The number of carbonyl (C=O) groups excluding carboxylic acids is 1. The smallest absolute Gasteiger partial charge is 0.258 e. The molecule has 0 bridgehead atoms. The summed E-state index contributed by atoms with van der Waals surface area (Å²) in [5.74, 6) is -3.21. The number of benzene rings is 1. The maximum atomic E-state index is 13.9. The van der Waals surface area contributed by atoms with Crippen molar-refractivity contribution in [3.05, 3.63) is 47.2 Å². The van der Waals surface area contributed by atoms with Crippen LogP contribution in [0.2, 0.25) is 0 Å². The van der Waals surface area contributed by atoms with E-state index in [0.717, 1.165) is 37.1 Å². The van der Waals surface area contributed by atoms with Crippen molar-refractivity contribution in [3.63, 3.8) is 0 Å². The first-order chi connectivity index (χ1) is 19.0. The molecule has 1 aromatic carbocycles. The Balaban J connectivity index is 1.26. The number of nitrogens with one attached hydrogen (secondary N) is 2. The Morgan fingerprint density at radius 3 is 2.45 bits per heavy atom. The van der Waals surface area contributed by atoms with Crippen molar-refractivity contribution in [1.29, 1.82) is 0 Å². The molecule has 9 nitrogen and oxygen atoms in total. The number of hydrogen-bond donors (Lipinski definition) is 3. The van der Waals surface area contributed by atoms with Gasteiger partial charge in [-0.05, 0) is 73.8 Å². The van der Waals surface area contributed by atoms with Gasteiger partial charge in [0.1, 0.15) is 5.82 Å². The van der Waals surface area contributed by atoms with Crippen molar-refractivity contribution in [1.82, 2.24) is 4.98 Å². The predicted molar refractivity (Wildman–Crippen MR) is 146 cm³/mol. The van der Waals surface area contributed by atoms with Gasteiger partial charge in [-0.1, -0.05) is 0 Å². The van der Waals surface area contributed by atoms with Gasteiger partial charge in [-0.25, -0.2) is 22.2 Å². The highest BCUT2D eigenvalue weighted by Gasteiger charge is 2.49. The van der Waals surface area contributed by atoms with E-state index in [1.165, 1.54) is 18.9 Å². The summed E-state index contributed by atoms with van der Waals surface area (Å²) < 4.78 is 60.8. The van der Waals surface area contributed by atoms with E-state index in [-0.39, 0.29) is 25.7 Å². The van der Waals surface area contributed by atoms with Gasteiger partial charge in [0.2, 0.25) is 15.9 Å². The molecule has 40 heavy (non-hydrogen) atoms. The molecule has 1 amide bonds. The van der Waals surface area contributed by atoms with Gasteiger partial charge in [-0.15, -0.1) is 0 Å². The van der Waals surface area contributed by atoms with E-state index in [1.807, 2.05) is 0 Å². The molecule has 12 heteroatoms. The van der Waals surface area contributed by atoms with E-state index in [2.05, 4.69) is 19.9 Å². The largest absolute Gasteiger partial charge is 0.395 e. The third kappa shape index (κ3) is 5.40. The van der Waals surface area contributed by atoms with Gasteiger partial charge >= 0.3 is 0 Å². The van der Waals surface area contributed by atoms with E-state index in [4.69, 9.17) is 9.84 Å². The van der Waals surface area contributed by atoms with Crippen molar-refractivity contribution in [2.24, 2.45) is 5.41 Å². The summed E-state index contributed by atoms with van der Waals surface area (Å²) >= 11 is 0. The highest BCUT2D eigenvalue weighted by molar-refractivity contribution is 7.92. The van der Waals surface area contributed by atoms with E-state index in [1.54, 1.807) is 24.4 Å². The lowest BCUT2D eigenvalue weighted by Gasteiger charge is -2.37. The zero-order valence-electron chi connectivity index (χ0n) is 22.2. The number of hydrogen-bond acceptors (Lipinski definition) is 7. The maximum absolute atomic E-state index is 13.9. The number of aliphatic hydroxyl groups is 1. The molecule has 0 radical (unpaired) electrons. The Bertz CT molecular complexity index is 1410. The van der Waals surface area contributed by atoms with Crippen molar-refractivity contribution in [2.75, 3.05) is 40.4 Å². The number of halogens is 2. The molecule has 1 aromatic heterocycles. The van der Waals surface area contributed by atoms with Gasteiger partial charge in [-0.2, -0.15) is 0 Å². The van der Waals surface area contributed by atoms with Gasteiger partial charge in [0.05, 0.1) is 41.5 Å². The second-order valence-electron chi connectivity index (χ2n) is 11.7. The lowest BCUT2D eigenvalue weighted by atomic mass is 9.78. The lowest BCUT2D eigenvalue weighted by Crippen LogP contribution is -2.36. The summed E-state index contributed by atoms with van der Waals surface area (Å²) in [5.41, 5.74) is 2.57. The topological polar surface area (TPSA) is 121 Å². The van der Waals surface area contributed by atoms with Crippen LogP contribution in [0.4, 0.5) is 26.0 Å². The van der Waals surface area contributed by atoms with Crippen LogP contribution in [0.1, 0.15) is 72.9 Å². The number of carbonyl (C=O) groups is 1. The first-order valence-corrected chi connectivity index (χ1v) is 15.5. The van der Waals surface area contributed by atoms with Crippen LogP contribution in [0.5, 0.6) is 0 Å². The molecule has 2 spiro atoms. The Morgan fingerprint density at radius 2 is 1.77 bits per heavy atom. The number of anilines is 3. The highest BCUT2D eigenvalue weighted by Crippen LogP contribution is 2.54. The van der Waals surface area contributed by atoms with Crippen LogP contribution in [0.15, 0.2) is 30.5 Å². The van der Waals surface area contributed by atoms with Crippen LogP contribution >= 0.6 is 0 Å². The summed E-state index contributed by atoms with van der Waals surface area (Å²) in [7, 11) is -3.74. The van der Waals surface area contributed by atoms with Gasteiger partial charge in [0, 0.05) is 37.7 Å². The molecule has 1 saturated heterocycles. The summed E-state index contributed by atoms with van der Waals surface area (Å²) in [4.78, 5) is 20.1. The molecule has 3 fully saturated rings. The number of ether oxygens (including phenoxy) is 1. The quantitative estimate of drug-likeness (QED) is 0.447. The molecular weight excluding hydrogens is 542 g/mol. The third-order valence-corrected chi connectivity index (χ3v) is 10.3. The Hall–Kier alpha value is -2.83. The number of piperidine rings is 1. The fraction of sp³-hybridized carbons (Fsp3) is 0.571. The molecule has 0 unspecified atom stereocenters. The molecule has 2 saturated carbocycles. The molecule has 2 aromatic rings. The number of alkyl halides is 2. The number of pyridine rings is 1. The van der Waals surface area contributed by atoms with E-state index in [9.17, 15) is 22.0 Å². The molecule has 4 aliphatic rings. The molecular formula is C28H34F2N4O5S. The fourth-order valence-electron chi connectivity index (χ4n) is 6.30. The third-order valence-electron chi connectivity index (χ3n) is 9.01. The minimum atomic E-state index is -3.74.